The molecule has 0 unspecified atom stereocenters. The summed E-state index contributed by atoms with van der Waals surface area (Å²) in [6, 6.07) is 6.62. The molecule has 0 spiro atoms. The van der Waals surface area contributed by atoms with Gasteiger partial charge in [0.15, 0.2) is 0 Å². The summed E-state index contributed by atoms with van der Waals surface area (Å²) in [4.78, 5) is 0. The minimum Gasteiger partial charge on any atom is -0.488 e. The molecular formula is C14H20O. The molecule has 0 atom stereocenters. The standard InChI is InChI=1S/C14H20O/c1-10(2)11-5-6-13-12(9-11)7-8-14(3,4)15-13/h5-6,9-10H,7-8H2,1-4H3. The summed E-state index contributed by atoms with van der Waals surface area (Å²) in [5.74, 6) is 1.68. The van der Waals surface area contributed by atoms with Gasteiger partial charge >= 0.3 is 0 Å². The van der Waals surface area contributed by atoms with E-state index in [1.807, 2.05) is 0 Å². The van der Waals surface area contributed by atoms with E-state index >= 15 is 0 Å². The first-order valence-electron chi connectivity index (χ1n) is 5.80. The van der Waals surface area contributed by atoms with Gasteiger partial charge in [0.1, 0.15) is 11.4 Å². The molecule has 2 rings (SSSR count). The summed E-state index contributed by atoms with van der Waals surface area (Å²) < 4.78 is 5.95. The Morgan fingerprint density at radius 3 is 2.67 bits per heavy atom. The molecule has 0 fully saturated rings. The Morgan fingerprint density at radius 2 is 2.00 bits per heavy atom. The molecule has 0 N–H and O–H groups in total. The van der Waals surface area contributed by atoms with E-state index in [-0.39, 0.29) is 5.60 Å². The smallest absolute Gasteiger partial charge is 0.123 e. The largest absolute Gasteiger partial charge is 0.488 e. The third-order valence-corrected chi connectivity index (χ3v) is 3.13. The molecule has 0 amide bonds. The van der Waals surface area contributed by atoms with E-state index in [2.05, 4.69) is 45.9 Å². The van der Waals surface area contributed by atoms with E-state index in [9.17, 15) is 0 Å². The minimum atomic E-state index is 0.00630. The predicted molar refractivity (Wildman–Crippen MR) is 63.6 cm³/mol. The van der Waals surface area contributed by atoms with Gasteiger partial charge in [0, 0.05) is 0 Å². The molecule has 0 aromatic heterocycles. The van der Waals surface area contributed by atoms with Gasteiger partial charge in [0.25, 0.3) is 0 Å². The molecular weight excluding hydrogens is 184 g/mol. The van der Waals surface area contributed by atoms with Crippen molar-refractivity contribution >= 4 is 0 Å². The highest BCUT2D eigenvalue weighted by Gasteiger charge is 2.26. The Morgan fingerprint density at radius 1 is 1.27 bits per heavy atom. The van der Waals surface area contributed by atoms with Crippen molar-refractivity contribution in [3.05, 3.63) is 29.3 Å². The van der Waals surface area contributed by atoms with Gasteiger partial charge < -0.3 is 4.74 Å². The second-order valence-electron chi connectivity index (χ2n) is 5.38. The van der Waals surface area contributed by atoms with Crippen LogP contribution >= 0.6 is 0 Å². The monoisotopic (exact) mass is 204 g/mol. The normalized spacial score (nSPS) is 18.5. The van der Waals surface area contributed by atoms with Gasteiger partial charge in [-0.2, -0.15) is 0 Å². The summed E-state index contributed by atoms with van der Waals surface area (Å²) in [5, 5.41) is 0. The second kappa shape index (κ2) is 3.55. The minimum absolute atomic E-state index is 0.00630. The highest BCUT2D eigenvalue weighted by molar-refractivity contribution is 5.40. The van der Waals surface area contributed by atoms with Gasteiger partial charge in [0.05, 0.1) is 0 Å². The Bertz CT molecular complexity index is 364. The summed E-state index contributed by atoms with van der Waals surface area (Å²) >= 11 is 0. The lowest BCUT2D eigenvalue weighted by Crippen LogP contribution is -2.32. The number of benzene rings is 1. The maximum absolute atomic E-state index is 5.95. The zero-order chi connectivity index (χ0) is 11.1. The molecule has 0 bridgehead atoms. The SMILES string of the molecule is CC(C)c1ccc2c(c1)CCC(C)(C)O2. The highest BCUT2D eigenvalue weighted by Crippen LogP contribution is 2.34. The van der Waals surface area contributed by atoms with Crippen LogP contribution in [0.5, 0.6) is 5.75 Å². The van der Waals surface area contributed by atoms with E-state index in [1.165, 1.54) is 11.1 Å². The number of fused-ring (bicyclic) bond motifs is 1. The lowest BCUT2D eigenvalue weighted by atomic mass is 9.91. The van der Waals surface area contributed by atoms with Crippen LogP contribution in [0.25, 0.3) is 0 Å². The summed E-state index contributed by atoms with van der Waals surface area (Å²) in [6.07, 6.45) is 2.25. The van der Waals surface area contributed by atoms with Gasteiger partial charge in [-0.05, 0) is 49.8 Å². The lowest BCUT2D eigenvalue weighted by Gasteiger charge is -2.33. The van der Waals surface area contributed by atoms with E-state index in [4.69, 9.17) is 4.74 Å². The van der Waals surface area contributed by atoms with Crippen LogP contribution in [-0.4, -0.2) is 5.60 Å². The van der Waals surface area contributed by atoms with Crippen LogP contribution in [-0.2, 0) is 6.42 Å². The second-order valence-corrected chi connectivity index (χ2v) is 5.38. The van der Waals surface area contributed by atoms with Crippen LogP contribution in [0.2, 0.25) is 0 Å². The quantitative estimate of drug-likeness (QED) is 0.674. The molecule has 0 saturated carbocycles. The molecule has 1 aliphatic heterocycles. The fraction of sp³-hybridized carbons (Fsp3) is 0.571. The number of ether oxygens (including phenoxy) is 1. The van der Waals surface area contributed by atoms with Gasteiger partial charge in [-0.25, -0.2) is 0 Å². The average Bonchev–Trinajstić information content (AvgIpc) is 2.15. The third kappa shape index (κ3) is 2.17. The zero-order valence-corrected chi connectivity index (χ0v) is 10.1. The molecule has 1 aromatic carbocycles. The summed E-state index contributed by atoms with van der Waals surface area (Å²) in [5.41, 5.74) is 2.80. The Kier molecular flexibility index (Phi) is 2.49. The van der Waals surface area contributed by atoms with Crippen LogP contribution in [0.4, 0.5) is 0 Å². The topological polar surface area (TPSA) is 9.23 Å². The van der Waals surface area contributed by atoms with E-state index in [0.717, 1.165) is 18.6 Å². The molecule has 1 aliphatic rings. The Labute approximate surface area is 92.5 Å². The lowest BCUT2D eigenvalue weighted by molar-refractivity contribution is 0.0846. The summed E-state index contributed by atoms with van der Waals surface area (Å²) in [6.45, 7) is 8.78. The molecule has 1 aromatic rings. The van der Waals surface area contributed by atoms with Crippen LogP contribution in [0.3, 0.4) is 0 Å². The van der Waals surface area contributed by atoms with Gasteiger partial charge in [-0.3, -0.25) is 0 Å². The first-order chi connectivity index (χ1) is 6.98. The van der Waals surface area contributed by atoms with Crippen molar-refractivity contribution in [3.63, 3.8) is 0 Å². The maximum atomic E-state index is 5.95. The Hall–Kier alpha value is -0.980. The fourth-order valence-electron chi connectivity index (χ4n) is 2.04. The number of aryl methyl sites for hydroxylation is 1. The molecule has 0 radical (unpaired) electrons. The van der Waals surface area contributed by atoms with Crippen LogP contribution < -0.4 is 4.74 Å². The molecule has 0 saturated heterocycles. The van der Waals surface area contributed by atoms with Crippen molar-refractivity contribution < 1.29 is 4.74 Å². The van der Waals surface area contributed by atoms with Crippen molar-refractivity contribution in [2.24, 2.45) is 0 Å². The predicted octanol–water partition coefficient (Wildman–Crippen LogP) is 3.91. The van der Waals surface area contributed by atoms with Crippen LogP contribution in [0, 0.1) is 0 Å². The van der Waals surface area contributed by atoms with Gasteiger partial charge in [0.2, 0.25) is 0 Å². The number of hydrogen-bond acceptors (Lipinski definition) is 1. The van der Waals surface area contributed by atoms with E-state index < -0.39 is 0 Å². The average molecular weight is 204 g/mol. The van der Waals surface area contributed by atoms with E-state index in [0.29, 0.717) is 5.92 Å². The number of rotatable bonds is 1. The third-order valence-electron chi connectivity index (χ3n) is 3.13. The van der Waals surface area contributed by atoms with Crippen LogP contribution in [0.15, 0.2) is 18.2 Å². The van der Waals surface area contributed by atoms with Crippen molar-refractivity contribution in [1.29, 1.82) is 0 Å². The first kappa shape index (κ1) is 10.5. The van der Waals surface area contributed by atoms with Crippen molar-refractivity contribution in [1.82, 2.24) is 0 Å². The van der Waals surface area contributed by atoms with Crippen LogP contribution in [0.1, 0.15) is 51.2 Å². The molecule has 82 valence electrons. The molecule has 1 heteroatoms. The molecule has 0 aliphatic carbocycles. The van der Waals surface area contributed by atoms with E-state index in [1.54, 1.807) is 0 Å². The first-order valence-corrected chi connectivity index (χ1v) is 5.80. The van der Waals surface area contributed by atoms with Crippen molar-refractivity contribution in [2.45, 2.75) is 52.1 Å². The number of hydrogen-bond donors (Lipinski definition) is 0. The van der Waals surface area contributed by atoms with Gasteiger partial charge in [-0.1, -0.05) is 26.0 Å². The zero-order valence-electron chi connectivity index (χ0n) is 10.1. The van der Waals surface area contributed by atoms with Crippen molar-refractivity contribution in [3.8, 4) is 5.75 Å². The fourth-order valence-corrected chi connectivity index (χ4v) is 2.04. The maximum Gasteiger partial charge on any atom is 0.123 e. The summed E-state index contributed by atoms with van der Waals surface area (Å²) in [7, 11) is 0. The molecule has 1 heterocycles. The molecule has 15 heavy (non-hydrogen) atoms. The van der Waals surface area contributed by atoms with Crippen molar-refractivity contribution in [2.75, 3.05) is 0 Å². The molecule has 1 nitrogen and oxygen atoms in total. The highest BCUT2D eigenvalue weighted by atomic mass is 16.5. The van der Waals surface area contributed by atoms with Gasteiger partial charge in [-0.15, -0.1) is 0 Å². The Balaban J connectivity index is 2.32.